The predicted molar refractivity (Wildman–Crippen MR) is 154 cm³/mol. The lowest BCUT2D eigenvalue weighted by Crippen LogP contribution is -2.38. The molecular formula is C30H58N4. The maximum atomic E-state index is 4.26. The van der Waals surface area contributed by atoms with Crippen molar-refractivity contribution in [1.82, 2.24) is 15.2 Å². The Labute approximate surface area is 213 Å². The van der Waals surface area contributed by atoms with Gasteiger partial charge >= 0.3 is 0 Å². The highest BCUT2D eigenvalue weighted by molar-refractivity contribution is 5.23. The van der Waals surface area contributed by atoms with Crippen LogP contribution in [0.5, 0.6) is 0 Å². The lowest BCUT2D eigenvalue weighted by molar-refractivity contribution is 0.166. The summed E-state index contributed by atoms with van der Waals surface area (Å²) in [6, 6.07) is 1.45. The van der Waals surface area contributed by atoms with Crippen molar-refractivity contribution < 1.29 is 0 Å². The number of rotatable bonds is 8. The molecule has 4 heteroatoms. The molecule has 4 nitrogen and oxygen atoms in total. The summed E-state index contributed by atoms with van der Waals surface area (Å²) < 4.78 is 0. The molecule has 0 spiro atoms. The van der Waals surface area contributed by atoms with E-state index < -0.39 is 0 Å². The van der Waals surface area contributed by atoms with E-state index in [0.29, 0.717) is 24.0 Å². The fraction of sp³-hybridized carbons (Fsp3) is 0.767. The molecule has 2 unspecified atom stereocenters. The van der Waals surface area contributed by atoms with Crippen molar-refractivity contribution in [3.8, 4) is 0 Å². The molecule has 1 saturated carbocycles. The van der Waals surface area contributed by atoms with Gasteiger partial charge in [0.05, 0.1) is 12.1 Å². The van der Waals surface area contributed by atoms with Crippen LogP contribution in [0.4, 0.5) is 0 Å². The van der Waals surface area contributed by atoms with Crippen LogP contribution in [0.15, 0.2) is 41.9 Å². The van der Waals surface area contributed by atoms with Crippen molar-refractivity contribution in [3.05, 3.63) is 36.8 Å². The average Bonchev–Trinajstić information content (AvgIpc) is 3.38. The van der Waals surface area contributed by atoms with Crippen LogP contribution in [0.2, 0.25) is 0 Å². The van der Waals surface area contributed by atoms with E-state index in [2.05, 4.69) is 104 Å². The lowest BCUT2D eigenvalue weighted by atomic mass is 9.87. The highest BCUT2D eigenvalue weighted by atomic mass is 15.5. The Morgan fingerprint density at radius 3 is 2.15 bits per heavy atom. The number of hydrazone groups is 1. The van der Waals surface area contributed by atoms with Gasteiger partial charge in [0.25, 0.3) is 0 Å². The summed E-state index contributed by atoms with van der Waals surface area (Å²) in [5.74, 6) is 2.19. The molecule has 1 aliphatic carbocycles. The van der Waals surface area contributed by atoms with Gasteiger partial charge in [0.1, 0.15) is 0 Å². The van der Waals surface area contributed by atoms with E-state index >= 15 is 0 Å². The minimum absolute atomic E-state index is 0.203. The van der Waals surface area contributed by atoms with Gasteiger partial charge in [0, 0.05) is 31.2 Å². The van der Waals surface area contributed by atoms with E-state index in [1.165, 1.54) is 37.0 Å². The molecule has 198 valence electrons. The first kappa shape index (κ1) is 32.3. The molecule has 1 aliphatic heterocycles. The van der Waals surface area contributed by atoms with Crippen molar-refractivity contribution in [2.75, 3.05) is 6.54 Å². The van der Waals surface area contributed by atoms with Crippen LogP contribution in [0, 0.1) is 23.2 Å². The third-order valence-electron chi connectivity index (χ3n) is 7.48. The second kappa shape index (κ2) is 15.3. The molecule has 0 aromatic rings. The standard InChI is InChI=1S/C15H26N2.C13H26N2.C2H6/c1-5-17-8-6-7-15(17)13(4)16-14-10-11(2)9-12(14)3;1-10(2)11(3)9-15(14-8)12(4)13(5,6)7;1-2/h5,11-12,14-16H,1,4,6-10H2,2-3H3;9-10,12H,8H2,1-7H3;1-2H3/b;11-9+;/t11-,12?,14-,15+;;/m1../s1. The molecule has 0 radical (unpaired) electrons. The number of nitrogens with one attached hydrogen (secondary N) is 1. The minimum atomic E-state index is 0.203. The largest absolute Gasteiger partial charge is 0.384 e. The van der Waals surface area contributed by atoms with Crippen LogP contribution in [0.1, 0.15) is 102 Å². The van der Waals surface area contributed by atoms with Crippen LogP contribution in [0.3, 0.4) is 0 Å². The van der Waals surface area contributed by atoms with Crippen molar-refractivity contribution in [2.24, 2.45) is 28.3 Å². The Balaban J connectivity index is 0.000000603. The second-order valence-electron chi connectivity index (χ2n) is 11.5. The zero-order valence-electron chi connectivity index (χ0n) is 24.6. The third-order valence-corrected chi connectivity index (χ3v) is 7.48. The summed E-state index contributed by atoms with van der Waals surface area (Å²) >= 11 is 0. The monoisotopic (exact) mass is 474 g/mol. The second-order valence-corrected chi connectivity index (χ2v) is 11.5. The fourth-order valence-electron chi connectivity index (χ4n) is 4.51. The first-order valence-corrected chi connectivity index (χ1v) is 13.6. The molecule has 34 heavy (non-hydrogen) atoms. The van der Waals surface area contributed by atoms with Crippen LogP contribution < -0.4 is 5.32 Å². The van der Waals surface area contributed by atoms with Gasteiger partial charge in [-0.15, -0.1) is 0 Å². The summed E-state index contributed by atoms with van der Waals surface area (Å²) in [5.41, 5.74) is 2.74. The van der Waals surface area contributed by atoms with Crippen molar-refractivity contribution >= 4 is 6.72 Å². The Bertz CT molecular complexity index is 643. The quantitative estimate of drug-likeness (QED) is 0.285. The van der Waals surface area contributed by atoms with Crippen molar-refractivity contribution in [3.63, 3.8) is 0 Å². The summed E-state index contributed by atoms with van der Waals surface area (Å²) in [4.78, 5) is 2.32. The van der Waals surface area contributed by atoms with E-state index in [-0.39, 0.29) is 5.41 Å². The molecule has 0 amide bonds. The van der Waals surface area contributed by atoms with Crippen LogP contribution in [-0.2, 0) is 0 Å². The van der Waals surface area contributed by atoms with Gasteiger partial charge in [-0.1, -0.05) is 81.0 Å². The number of hydrogen-bond acceptors (Lipinski definition) is 4. The average molecular weight is 475 g/mol. The van der Waals surface area contributed by atoms with E-state index in [4.69, 9.17) is 0 Å². The first-order chi connectivity index (χ1) is 15.8. The van der Waals surface area contributed by atoms with Gasteiger partial charge in [0.15, 0.2) is 0 Å². The molecule has 0 bridgehead atoms. The molecule has 1 heterocycles. The molecule has 1 N–H and O–H groups in total. The maximum Gasteiger partial charge on any atom is 0.0677 e. The summed E-state index contributed by atoms with van der Waals surface area (Å²) in [7, 11) is 0. The Hall–Kier alpha value is -1.71. The molecule has 2 fully saturated rings. The van der Waals surface area contributed by atoms with E-state index in [0.717, 1.165) is 18.4 Å². The van der Waals surface area contributed by atoms with Gasteiger partial charge in [-0.2, -0.15) is 5.10 Å². The van der Waals surface area contributed by atoms with Gasteiger partial charge < -0.3 is 10.2 Å². The topological polar surface area (TPSA) is 30.9 Å². The van der Waals surface area contributed by atoms with E-state index in [9.17, 15) is 0 Å². The van der Waals surface area contributed by atoms with Gasteiger partial charge in [-0.05, 0) is 68.9 Å². The summed E-state index contributed by atoms with van der Waals surface area (Å²) in [6.45, 7) is 37.0. The zero-order valence-corrected chi connectivity index (χ0v) is 24.6. The number of nitrogens with zero attached hydrogens (tertiary/aromatic N) is 3. The molecule has 2 aliphatic rings. The van der Waals surface area contributed by atoms with Crippen LogP contribution in [-0.4, -0.2) is 41.3 Å². The first-order valence-electron chi connectivity index (χ1n) is 13.6. The summed E-state index contributed by atoms with van der Waals surface area (Å²) in [5, 5.41) is 9.73. The number of allylic oxidation sites excluding steroid dienone is 1. The molecular weight excluding hydrogens is 416 g/mol. The smallest absolute Gasteiger partial charge is 0.0677 e. The van der Waals surface area contributed by atoms with Crippen LogP contribution >= 0.6 is 0 Å². The predicted octanol–water partition coefficient (Wildman–Crippen LogP) is 8.06. The van der Waals surface area contributed by atoms with Gasteiger partial charge in [0.2, 0.25) is 0 Å². The summed E-state index contributed by atoms with van der Waals surface area (Å²) in [6.07, 6.45) is 9.18. The third kappa shape index (κ3) is 10.3. The zero-order chi connectivity index (χ0) is 26.6. The SMILES string of the molecule is C=CN1CCC[C@H]1C(=C)N[C@@H]1C[C@H](C)CC1C.C=NN(/C=C(\C)C(C)C)C(C)C(C)(C)C.CC. The molecule has 0 aromatic heterocycles. The highest BCUT2D eigenvalue weighted by Gasteiger charge is 2.31. The van der Waals surface area contributed by atoms with Gasteiger partial charge in [-0.3, -0.25) is 5.01 Å². The minimum Gasteiger partial charge on any atom is -0.384 e. The number of hydrogen-bond donors (Lipinski definition) is 1. The molecule has 2 rings (SSSR count). The molecule has 5 atom stereocenters. The number of likely N-dealkylation sites (tertiary alicyclic amines) is 1. The normalized spacial score (nSPS) is 25.5. The maximum absolute atomic E-state index is 4.26. The van der Waals surface area contributed by atoms with E-state index in [1.807, 2.05) is 25.1 Å². The Morgan fingerprint density at radius 2 is 1.74 bits per heavy atom. The fourth-order valence-corrected chi connectivity index (χ4v) is 4.51. The van der Waals surface area contributed by atoms with Gasteiger partial charge in [-0.25, -0.2) is 0 Å². The molecule has 0 aromatic carbocycles. The lowest BCUT2D eigenvalue weighted by Gasteiger charge is -2.34. The van der Waals surface area contributed by atoms with Crippen molar-refractivity contribution in [2.45, 2.75) is 120 Å². The Kier molecular flexibility index (Phi) is 14.5. The van der Waals surface area contributed by atoms with Crippen LogP contribution in [0.25, 0.3) is 0 Å². The highest BCUT2D eigenvalue weighted by Crippen LogP contribution is 2.32. The Morgan fingerprint density at radius 1 is 1.15 bits per heavy atom. The van der Waals surface area contributed by atoms with E-state index in [1.54, 1.807) is 0 Å². The van der Waals surface area contributed by atoms with Crippen molar-refractivity contribution in [1.29, 1.82) is 0 Å². The molecule has 1 saturated heterocycles.